The zero-order chi connectivity index (χ0) is 37.5. The number of fused-ring (bicyclic) bond motifs is 10. The Hall–Kier alpha value is -7.02. The Morgan fingerprint density at radius 1 is 0.386 bits per heavy atom. The van der Waals surface area contributed by atoms with Gasteiger partial charge in [0, 0.05) is 0 Å². The van der Waals surface area contributed by atoms with E-state index in [2.05, 4.69) is 215 Å². The van der Waals surface area contributed by atoms with E-state index >= 15 is 0 Å². The molecular weight excluding hydrogens is 753 g/mol. The predicted octanol–water partition coefficient (Wildman–Crippen LogP) is 9.70. The Morgan fingerprint density at radius 2 is 0.877 bits per heavy atom. The summed E-state index contributed by atoms with van der Waals surface area (Å²) in [6.07, 6.45) is 0. The molecule has 1 aliphatic rings. The number of para-hydroxylation sites is 3. The van der Waals surface area contributed by atoms with Crippen LogP contribution in [0, 0.1) is 0 Å². The average molecular weight is 787 g/mol. The first-order chi connectivity index (χ1) is 28.3. The van der Waals surface area contributed by atoms with Crippen molar-refractivity contribution in [3.8, 4) is 34.0 Å². The molecule has 0 spiro atoms. The molecule has 0 saturated carbocycles. The maximum absolute atomic E-state index is 5.76. The van der Waals surface area contributed by atoms with E-state index in [-0.39, 0.29) is 0 Å². The Kier molecular flexibility index (Phi) is 7.07. The molecule has 0 saturated heterocycles. The van der Waals surface area contributed by atoms with Crippen LogP contribution in [0.1, 0.15) is 0 Å². The second-order valence-corrected chi connectivity index (χ2v) is 22.6. The van der Waals surface area contributed by atoms with Crippen LogP contribution >= 0.6 is 0 Å². The second kappa shape index (κ2) is 12.5. The molecule has 5 heteroatoms. The van der Waals surface area contributed by atoms with Crippen LogP contribution in [0.4, 0.5) is 0 Å². The molecule has 12 rings (SSSR count). The van der Waals surface area contributed by atoms with Gasteiger partial charge in [-0.15, -0.1) is 0 Å². The van der Waals surface area contributed by atoms with E-state index in [9.17, 15) is 0 Å². The fourth-order valence-corrected chi connectivity index (χ4v) is 20.2. The van der Waals surface area contributed by atoms with E-state index in [1.54, 1.807) is 0 Å². The summed E-state index contributed by atoms with van der Waals surface area (Å²) in [5.74, 6) is 1.66. The molecule has 0 radical (unpaired) electrons. The van der Waals surface area contributed by atoms with Gasteiger partial charge in [0.15, 0.2) is 0 Å². The number of nitrogens with zero attached hydrogens (tertiary/aromatic N) is 4. The van der Waals surface area contributed by atoms with Crippen molar-refractivity contribution in [3.63, 3.8) is 0 Å². The van der Waals surface area contributed by atoms with Gasteiger partial charge in [-0.2, -0.15) is 0 Å². The summed E-state index contributed by atoms with van der Waals surface area (Å²) in [5, 5.41) is 4.91. The molecule has 11 aromatic rings. The van der Waals surface area contributed by atoms with E-state index in [1.165, 1.54) is 55.9 Å². The number of benzene rings is 8. The minimum absolute atomic E-state index is 0.742. The molecule has 4 heterocycles. The fourth-order valence-electron chi connectivity index (χ4n) is 9.73. The molecule has 0 atom stereocenters. The van der Waals surface area contributed by atoms with Crippen LogP contribution in [0.5, 0.6) is 0 Å². The standard InChI is InChI=1S/C52H34GeN4/c1-5-19-35(20-6-1)51-54-50-49(39-27-13-16-30-42(39)53(50,36-21-7-2-8-22-36)37-23-9-3-10-24-37)52(55-51)57-44-32-18-15-29-41(44)48-46(57)34-33-45-47(48)40-28-14-17-31-43(40)56(45)38-25-11-4-12-26-38/h1-34H. The molecule has 3 aromatic heterocycles. The number of hydrogen-bond donors (Lipinski definition) is 0. The van der Waals surface area contributed by atoms with E-state index in [4.69, 9.17) is 9.97 Å². The first-order valence-corrected chi connectivity index (χ1v) is 23.7. The second-order valence-electron chi connectivity index (χ2n) is 14.9. The third kappa shape index (κ3) is 4.50. The normalized spacial score (nSPS) is 13.1. The summed E-state index contributed by atoms with van der Waals surface area (Å²) in [4.78, 5) is 11.4. The fraction of sp³-hybridized carbons (Fsp3) is 0. The monoisotopic (exact) mass is 788 g/mol. The van der Waals surface area contributed by atoms with E-state index < -0.39 is 13.3 Å². The van der Waals surface area contributed by atoms with E-state index in [1.807, 2.05) is 0 Å². The van der Waals surface area contributed by atoms with Gasteiger partial charge < -0.3 is 0 Å². The summed E-state index contributed by atoms with van der Waals surface area (Å²) in [6, 6.07) is 75.0. The molecule has 0 N–H and O–H groups in total. The van der Waals surface area contributed by atoms with Crippen molar-refractivity contribution in [1.82, 2.24) is 19.1 Å². The Morgan fingerprint density at radius 3 is 1.51 bits per heavy atom. The number of aromatic nitrogens is 4. The van der Waals surface area contributed by atoms with E-state index in [0.29, 0.717) is 0 Å². The predicted molar refractivity (Wildman–Crippen MR) is 239 cm³/mol. The van der Waals surface area contributed by atoms with Gasteiger partial charge in [0.1, 0.15) is 0 Å². The molecule has 0 bridgehead atoms. The average Bonchev–Trinajstić information content (AvgIpc) is 3.91. The molecule has 57 heavy (non-hydrogen) atoms. The zero-order valence-electron chi connectivity index (χ0n) is 30.9. The van der Waals surface area contributed by atoms with Gasteiger partial charge in [0.25, 0.3) is 0 Å². The molecule has 0 unspecified atom stereocenters. The SMILES string of the molecule is c1ccc(-c2nc(-n3c4ccccc4c4c5c6ccccc6n(-c6ccccc6)c5ccc43)c3[c](n2)[Ge]([c]2ccccc2)([c]2ccccc2)[c]2ccccc2-3)cc1. The molecule has 0 aliphatic carbocycles. The van der Waals surface area contributed by atoms with Gasteiger partial charge in [-0.05, 0) is 0 Å². The van der Waals surface area contributed by atoms with Gasteiger partial charge in [-0.3, -0.25) is 0 Å². The van der Waals surface area contributed by atoms with Gasteiger partial charge in [-0.1, -0.05) is 6.07 Å². The molecule has 8 aromatic carbocycles. The van der Waals surface area contributed by atoms with Crippen LogP contribution in [0.25, 0.3) is 77.6 Å². The summed E-state index contributed by atoms with van der Waals surface area (Å²) in [6.45, 7) is 0. The Bertz CT molecular complexity index is 3290. The summed E-state index contributed by atoms with van der Waals surface area (Å²) in [7, 11) is 0. The zero-order valence-corrected chi connectivity index (χ0v) is 33.0. The summed E-state index contributed by atoms with van der Waals surface area (Å²) < 4.78 is 10.1. The molecule has 1 aliphatic heterocycles. The molecule has 0 amide bonds. The summed E-state index contributed by atoms with van der Waals surface area (Å²) in [5.41, 5.74) is 9.13. The van der Waals surface area contributed by atoms with Crippen LogP contribution in [0.3, 0.4) is 0 Å². The first-order valence-electron chi connectivity index (χ1n) is 19.5. The third-order valence-corrected chi connectivity index (χ3v) is 21.9. The van der Waals surface area contributed by atoms with Crippen molar-refractivity contribution in [3.05, 3.63) is 206 Å². The number of rotatable bonds is 5. The van der Waals surface area contributed by atoms with Crippen LogP contribution in [0.2, 0.25) is 0 Å². The number of hydrogen-bond acceptors (Lipinski definition) is 2. The summed E-state index contributed by atoms with van der Waals surface area (Å²) >= 11 is -3.74. The molecular formula is C52H34GeN4. The van der Waals surface area contributed by atoms with Crippen LogP contribution in [-0.4, -0.2) is 32.4 Å². The van der Waals surface area contributed by atoms with Gasteiger partial charge in [0.05, 0.1) is 0 Å². The van der Waals surface area contributed by atoms with Crippen molar-refractivity contribution in [1.29, 1.82) is 0 Å². The van der Waals surface area contributed by atoms with Gasteiger partial charge >= 0.3 is 328 Å². The van der Waals surface area contributed by atoms with E-state index in [0.717, 1.165) is 39.5 Å². The third-order valence-electron chi connectivity index (χ3n) is 12.0. The van der Waals surface area contributed by atoms with Gasteiger partial charge in [-0.25, -0.2) is 0 Å². The van der Waals surface area contributed by atoms with Crippen LogP contribution in [-0.2, 0) is 0 Å². The van der Waals surface area contributed by atoms with Crippen molar-refractivity contribution in [2.75, 3.05) is 0 Å². The quantitative estimate of drug-likeness (QED) is 0.163. The Labute approximate surface area is 332 Å². The molecule has 266 valence electrons. The van der Waals surface area contributed by atoms with Crippen LogP contribution < -0.4 is 17.7 Å². The first kappa shape index (κ1) is 32.2. The Balaban J connectivity index is 1.28. The van der Waals surface area contributed by atoms with Crippen molar-refractivity contribution < 1.29 is 0 Å². The maximum atomic E-state index is 5.76. The van der Waals surface area contributed by atoms with Crippen molar-refractivity contribution in [2.24, 2.45) is 0 Å². The van der Waals surface area contributed by atoms with Crippen molar-refractivity contribution >= 4 is 74.6 Å². The van der Waals surface area contributed by atoms with Crippen molar-refractivity contribution in [2.45, 2.75) is 0 Å². The molecule has 0 fully saturated rings. The minimum atomic E-state index is -3.74. The topological polar surface area (TPSA) is 35.6 Å². The van der Waals surface area contributed by atoms with Crippen LogP contribution in [0.15, 0.2) is 206 Å². The van der Waals surface area contributed by atoms with Gasteiger partial charge in [0.2, 0.25) is 0 Å². The molecule has 4 nitrogen and oxygen atoms in total.